The van der Waals surface area contributed by atoms with Gasteiger partial charge in [-0.25, -0.2) is 0 Å². The number of Topliss-reactive ketones (excluding diaryl/α,β-unsaturated/α-hetero) is 2. The summed E-state index contributed by atoms with van der Waals surface area (Å²) in [7, 11) is 0. The number of hydrogen-bond acceptors (Lipinski definition) is 2. The van der Waals surface area contributed by atoms with E-state index in [0.29, 0.717) is 30.8 Å². The molecule has 0 aliphatic heterocycles. The standard InChI is InChI=1S/C29H36ClNO2/c1-8-26(33)29(6,7)16-24-27(25(32)17-28(3,4)5)22-15-19(2)9-14-23(22)31(24)18-20-10-12-21(30)13-11-20/h9-15H,8,16-18H2,1-7H3. The molecule has 33 heavy (non-hydrogen) atoms. The smallest absolute Gasteiger partial charge is 0.165 e. The van der Waals surface area contributed by atoms with Crippen molar-refractivity contribution in [1.82, 2.24) is 4.57 Å². The van der Waals surface area contributed by atoms with Crippen LogP contribution >= 0.6 is 11.6 Å². The van der Waals surface area contributed by atoms with E-state index in [9.17, 15) is 9.59 Å². The van der Waals surface area contributed by atoms with Gasteiger partial charge in [0.15, 0.2) is 5.78 Å². The van der Waals surface area contributed by atoms with Gasteiger partial charge in [0, 0.05) is 58.4 Å². The number of fused-ring (bicyclic) bond motifs is 1. The second kappa shape index (κ2) is 9.46. The molecule has 1 heterocycles. The molecule has 0 bridgehead atoms. The van der Waals surface area contributed by atoms with Gasteiger partial charge in [-0.2, -0.15) is 0 Å². The number of nitrogens with zero attached hydrogens (tertiary/aromatic N) is 1. The predicted octanol–water partition coefficient (Wildman–Crippen LogP) is 7.82. The van der Waals surface area contributed by atoms with Gasteiger partial charge in [-0.1, -0.05) is 76.9 Å². The van der Waals surface area contributed by atoms with E-state index < -0.39 is 5.41 Å². The molecule has 0 fully saturated rings. The van der Waals surface area contributed by atoms with Crippen LogP contribution in [-0.2, 0) is 17.8 Å². The van der Waals surface area contributed by atoms with Crippen LogP contribution in [0.1, 0.15) is 81.6 Å². The average molecular weight is 466 g/mol. The highest BCUT2D eigenvalue weighted by Crippen LogP contribution is 2.36. The molecule has 0 spiro atoms. The van der Waals surface area contributed by atoms with Crippen LogP contribution in [0.5, 0.6) is 0 Å². The molecule has 0 amide bonds. The molecule has 3 aromatic rings. The molecule has 0 unspecified atom stereocenters. The Kier molecular flexibility index (Phi) is 7.24. The molecule has 4 heteroatoms. The molecule has 0 atom stereocenters. The molecular formula is C29H36ClNO2. The highest BCUT2D eigenvalue weighted by atomic mass is 35.5. The van der Waals surface area contributed by atoms with Crippen molar-refractivity contribution in [1.29, 1.82) is 0 Å². The van der Waals surface area contributed by atoms with Crippen LogP contribution in [0.3, 0.4) is 0 Å². The van der Waals surface area contributed by atoms with E-state index in [2.05, 4.69) is 50.5 Å². The van der Waals surface area contributed by atoms with Gasteiger partial charge in [-0.15, -0.1) is 0 Å². The van der Waals surface area contributed by atoms with Crippen LogP contribution in [-0.4, -0.2) is 16.1 Å². The molecule has 3 rings (SSSR count). The molecular weight excluding hydrogens is 430 g/mol. The summed E-state index contributed by atoms with van der Waals surface area (Å²) in [5.41, 5.74) is 4.28. The molecule has 0 aliphatic carbocycles. The molecule has 3 nitrogen and oxygen atoms in total. The summed E-state index contributed by atoms with van der Waals surface area (Å²) in [5.74, 6) is 0.346. The van der Waals surface area contributed by atoms with Crippen LogP contribution in [0.15, 0.2) is 42.5 Å². The summed E-state index contributed by atoms with van der Waals surface area (Å²) in [4.78, 5) is 26.5. The molecule has 0 N–H and O–H groups in total. The molecule has 0 saturated heterocycles. The van der Waals surface area contributed by atoms with Crippen LogP contribution in [0.2, 0.25) is 5.02 Å². The highest BCUT2D eigenvalue weighted by molar-refractivity contribution is 6.30. The van der Waals surface area contributed by atoms with Gasteiger partial charge in [0.2, 0.25) is 0 Å². The molecule has 0 saturated carbocycles. The monoisotopic (exact) mass is 465 g/mol. The zero-order valence-electron chi connectivity index (χ0n) is 21.0. The molecule has 0 radical (unpaired) electrons. The third-order valence-corrected chi connectivity index (χ3v) is 6.49. The van der Waals surface area contributed by atoms with Crippen molar-refractivity contribution in [2.75, 3.05) is 0 Å². The Morgan fingerprint density at radius 1 is 0.970 bits per heavy atom. The Morgan fingerprint density at radius 2 is 1.61 bits per heavy atom. The number of hydrogen-bond donors (Lipinski definition) is 0. The highest BCUT2D eigenvalue weighted by Gasteiger charge is 2.33. The van der Waals surface area contributed by atoms with Crippen LogP contribution in [0.25, 0.3) is 10.9 Å². The van der Waals surface area contributed by atoms with Gasteiger partial charge in [-0.3, -0.25) is 9.59 Å². The summed E-state index contributed by atoms with van der Waals surface area (Å²) in [5, 5.41) is 1.68. The van der Waals surface area contributed by atoms with Crippen molar-refractivity contribution in [2.45, 2.75) is 74.3 Å². The Bertz CT molecular complexity index is 1180. The minimum atomic E-state index is -0.563. The van der Waals surface area contributed by atoms with E-state index in [4.69, 9.17) is 11.6 Å². The van der Waals surface area contributed by atoms with Crippen molar-refractivity contribution < 1.29 is 9.59 Å². The fourth-order valence-electron chi connectivity index (χ4n) is 4.54. The molecule has 0 aliphatic rings. The maximum atomic E-state index is 13.7. The zero-order chi connectivity index (χ0) is 24.6. The number of aryl methyl sites for hydroxylation is 1. The van der Waals surface area contributed by atoms with E-state index in [-0.39, 0.29) is 17.0 Å². The summed E-state index contributed by atoms with van der Waals surface area (Å²) < 4.78 is 2.23. The largest absolute Gasteiger partial charge is 0.339 e. The lowest BCUT2D eigenvalue weighted by Crippen LogP contribution is -2.28. The normalized spacial score (nSPS) is 12.4. The number of benzene rings is 2. The number of halogens is 1. The van der Waals surface area contributed by atoms with Crippen LogP contribution in [0, 0.1) is 17.8 Å². The lowest BCUT2D eigenvalue weighted by Gasteiger charge is -2.25. The summed E-state index contributed by atoms with van der Waals surface area (Å²) >= 11 is 6.11. The van der Waals surface area contributed by atoms with Gasteiger partial charge in [-0.05, 0) is 42.2 Å². The van der Waals surface area contributed by atoms with Gasteiger partial charge < -0.3 is 4.57 Å². The van der Waals surface area contributed by atoms with Gasteiger partial charge in [0.1, 0.15) is 5.78 Å². The first-order valence-corrected chi connectivity index (χ1v) is 12.1. The third kappa shape index (κ3) is 5.76. The number of carbonyl (C=O) groups excluding carboxylic acids is 2. The minimum Gasteiger partial charge on any atom is -0.339 e. The van der Waals surface area contributed by atoms with E-state index in [1.165, 1.54) is 0 Å². The average Bonchev–Trinajstić information content (AvgIpc) is 2.99. The number of aromatic nitrogens is 1. The maximum absolute atomic E-state index is 13.7. The van der Waals surface area contributed by atoms with Crippen molar-refractivity contribution in [3.63, 3.8) is 0 Å². The maximum Gasteiger partial charge on any atom is 0.165 e. The van der Waals surface area contributed by atoms with Crippen molar-refractivity contribution in [2.24, 2.45) is 10.8 Å². The summed E-state index contributed by atoms with van der Waals surface area (Å²) in [6, 6.07) is 14.1. The number of carbonyl (C=O) groups is 2. The Hall–Kier alpha value is -2.39. The second-order valence-corrected chi connectivity index (χ2v) is 11.5. The Labute approximate surface area is 203 Å². The lowest BCUT2D eigenvalue weighted by atomic mass is 9.80. The van der Waals surface area contributed by atoms with Gasteiger partial charge >= 0.3 is 0 Å². The Morgan fingerprint density at radius 3 is 2.18 bits per heavy atom. The van der Waals surface area contributed by atoms with Crippen molar-refractivity contribution in [3.05, 3.63) is 69.9 Å². The SMILES string of the molecule is CCC(=O)C(C)(C)Cc1c(C(=O)CC(C)(C)C)c2cc(C)ccc2n1Cc1ccc(Cl)cc1. The zero-order valence-corrected chi connectivity index (χ0v) is 21.8. The summed E-state index contributed by atoms with van der Waals surface area (Å²) in [6.07, 6.45) is 1.46. The van der Waals surface area contributed by atoms with E-state index in [1.807, 2.05) is 45.0 Å². The van der Waals surface area contributed by atoms with Crippen LogP contribution < -0.4 is 0 Å². The van der Waals surface area contributed by atoms with E-state index in [0.717, 1.165) is 33.3 Å². The number of rotatable bonds is 8. The van der Waals surface area contributed by atoms with E-state index >= 15 is 0 Å². The summed E-state index contributed by atoms with van der Waals surface area (Å²) in [6.45, 7) is 14.8. The first kappa shape index (κ1) is 25.2. The molecule has 176 valence electrons. The second-order valence-electron chi connectivity index (χ2n) is 11.1. The Balaban J connectivity index is 2.28. The van der Waals surface area contributed by atoms with Gasteiger partial charge in [0.25, 0.3) is 0 Å². The lowest BCUT2D eigenvalue weighted by molar-refractivity contribution is -0.126. The first-order valence-electron chi connectivity index (χ1n) is 11.7. The molecule has 1 aromatic heterocycles. The molecule has 2 aromatic carbocycles. The minimum absolute atomic E-state index is 0.127. The third-order valence-electron chi connectivity index (χ3n) is 6.24. The fraction of sp³-hybridized carbons (Fsp3) is 0.448. The van der Waals surface area contributed by atoms with Crippen LogP contribution in [0.4, 0.5) is 0 Å². The predicted molar refractivity (Wildman–Crippen MR) is 138 cm³/mol. The van der Waals surface area contributed by atoms with Crippen molar-refractivity contribution >= 4 is 34.1 Å². The van der Waals surface area contributed by atoms with Gasteiger partial charge in [0.05, 0.1) is 0 Å². The quantitative estimate of drug-likeness (QED) is 0.318. The first-order chi connectivity index (χ1) is 15.3. The van der Waals surface area contributed by atoms with Crippen molar-refractivity contribution in [3.8, 4) is 0 Å². The topological polar surface area (TPSA) is 39.1 Å². The fourth-order valence-corrected chi connectivity index (χ4v) is 4.66. The van der Waals surface area contributed by atoms with E-state index in [1.54, 1.807) is 0 Å². The number of ketones is 2.